The van der Waals surface area contributed by atoms with Gasteiger partial charge in [-0.3, -0.25) is 19.2 Å². The first-order valence-corrected chi connectivity index (χ1v) is 18.1. The van der Waals surface area contributed by atoms with Crippen molar-refractivity contribution in [2.45, 2.75) is 24.7 Å². The minimum Gasteiger partial charge on any atom is -0.504 e. The number of ether oxygens (including phenoxy) is 4. The second-order valence-corrected chi connectivity index (χ2v) is 12.5. The molecule has 0 unspecified atom stereocenters. The Balaban J connectivity index is 0.000000889. The third kappa shape index (κ3) is 21.2. The number of aliphatic hydroxyl groups is 4. The van der Waals surface area contributed by atoms with E-state index in [2.05, 4.69) is 0 Å². The maximum absolute atomic E-state index is 12.0. The molecule has 0 amide bonds. The molecule has 372 valence electrons. The van der Waals surface area contributed by atoms with Crippen LogP contribution in [0.2, 0.25) is 0 Å². The van der Waals surface area contributed by atoms with Crippen LogP contribution in [0.3, 0.4) is 0 Å². The van der Waals surface area contributed by atoms with Crippen LogP contribution in [0, 0.1) is 49.4 Å². The van der Waals surface area contributed by atoms with Crippen LogP contribution >= 0.6 is 0 Å². The first-order valence-electron chi connectivity index (χ1n) is 18.1. The number of hydrogen-bond donors (Lipinski definition) is 4. The van der Waals surface area contributed by atoms with Crippen molar-refractivity contribution in [3.63, 3.8) is 0 Å². The fourth-order valence-corrected chi connectivity index (χ4v) is 4.58. The van der Waals surface area contributed by atoms with Gasteiger partial charge in [-0.25, -0.2) is 0 Å². The molecule has 0 saturated carbocycles. The van der Waals surface area contributed by atoms with Crippen molar-refractivity contribution < 1.29 is 161 Å². The molecule has 0 saturated heterocycles. The van der Waals surface area contributed by atoms with E-state index >= 15 is 0 Å². The maximum Gasteiger partial charge on any atom is 3.00 e. The van der Waals surface area contributed by atoms with Crippen molar-refractivity contribution in [2.75, 3.05) is 28.4 Å². The predicted octanol–water partition coefficient (Wildman–Crippen LogP) is 10.4. The minimum absolute atomic E-state index is 0. The Morgan fingerprint density at radius 1 is 0.348 bits per heavy atom. The number of hydrogen-bond acceptors (Lipinski definition) is 8. The van der Waals surface area contributed by atoms with Gasteiger partial charge in [0.2, 0.25) is 23.0 Å². The van der Waals surface area contributed by atoms with Crippen molar-refractivity contribution in [3.05, 3.63) is 167 Å². The number of carbonyl (C=O) groups excluding carboxylic acids is 4. The first kappa shape index (κ1) is 62.7. The number of ketones is 4. The molecule has 0 bridgehead atoms. The van der Waals surface area contributed by atoms with Gasteiger partial charge >= 0.3 is 97.2 Å². The summed E-state index contributed by atoms with van der Waals surface area (Å²) in [6.07, 6.45) is -18.6. The zero-order chi connectivity index (χ0) is 52.2. The molecule has 0 heterocycles. The summed E-state index contributed by atoms with van der Waals surface area (Å²) < 4.78 is 164. The van der Waals surface area contributed by atoms with Crippen LogP contribution in [0.5, 0.6) is 23.0 Å². The van der Waals surface area contributed by atoms with Crippen LogP contribution in [0.4, 0.5) is 52.7 Å². The average molecular weight is 1140 g/mol. The molecule has 0 aliphatic heterocycles. The van der Waals surface area contributed by atoms with Crippen molar-refractivity contribution >= 4 is 23.1 Å². The molecule has 8 N–H and O–H groups in total. The number of aliphatic hydroxyl groups excluding tert-OH is 4. The summed E-state index contributed by atoms with van der Waals surface area (Å²) in [5, 5.41) is 34.8. The summed E-state index contributed by atoms with van der Waals surface area (Å²) in [5.74, 6) is -9.58. The largest absolute Gasteiger partial charge is 3.00 e. The van der Waals surface area contributed by atoms with E-state index in [-0.39, 0.29) is 119 Å². The Bertz CT molecular complexity index is 2150. The summed E-state index contributed by atoms with van der Waals surface area (Å²) in [6.45, 7) is 0. The third-order valence-electron chi connectivity index (χ3n) is 7.79. The van der Waals surface area contributed by atoms with Gasteiger partial charge in [0, 0.05) is 0 Å². The van der Waals surface area contributed by atoms with Crippen LogP contribution in [-0.2, 0) is 0 Å². The normalized spacial score (nSPS) is 12.2. The second-order valence-electron chi connectivity index (χ2n) is 12.5. The van der Waals surface area contributed by atoms with E-state index in [1.54, 1.807) is 24.3 Å². The van der Waals surface area contributed by atoms with Gasteiger partial charge in [0.05, 0.1) is 52.7 Å². The third-order valence-corrected chi connectivity index (χ3v) is 7.79. The number of alkyl halides is 12. The van der Waals surface area contributed by atoms with Crippen molar-refractivity contribution in [1.29, 1.82) is 0 Å². The van der Waals surface area contributed by atoms with Crippen LogP contribution in [0.15, 0.2) is 144 Å². The van der Waals surface area contributed by atoms with E-state index in [1.165, 1.54) is 101 Å². The van der Waals surface area contributed by atoms with Gasteiger partial charge in [-0.2, -0.15) is 52.7 Å². The SMILES string of the molecule is COc1ccccc1C(=[OH+])/C=C(\O)C(F)(F)F.COc1ccccc1C(=[OH+])/C=C(\O)C(F)(F)F.COc1ccccc1C(=[OH+])/C=C(\O)C(F)(F)F.COc1ccccc1C(=[OH+])/C=C(\O)C(F)(F)F.[Eu+3]. The van der Waals surface area contributed by atoms with Crippen molar-refractivity contribution in [1.82, 2.24) is 0 Å². The molecule has 0 radical (unpaired) electrons. The Hall–Kier alpha value is -6.34. The van der Waals surface area contributed by atoms with Gasteiger partial charge in [0.15, 0.2) is 0 Å². The van der Waals surface area contributed by atoms with Crippen LogP contribution in [0.25, 0.3) is 0 Å². The van der Waals surface area contributed by atoms with E-state index in [0.29, 0.717) is 0 Å². The van der Waals surface area contributed by atoms with Crippen LogP contribution in [0.1, 0.15) is 22.3 Å². The molecule has 4 aromatic carbocycles. The van der Waals surface area contributed by atoms with Gasteiger partial charge in [-0.1, -0.05) is 48.5 Å². The molecular formula is C44H40EuF12O12+7. The average Bonchev–Trinajstić information content (AvgIpc) is 3.28. The van der Waals surface area contributed by atoms with Crippen molar-refractivity contribution in [3.8, 4) is 23.0 Å². The van der Waals surface area contributed by atoms with Gasteiger partial charge in [0.25, 0.3) is 0 Å². The second kappa shape index (κ2) is 28.2. The van der Waals surface area contributed by atoms with E-state index in [1.807, 2.05) is 0 Å². The van der Waals surface area contributed by atoms with Gasteiger partial charge in [-0.05, 0) is 48.5 Å². The standard InChI is InChI=1S/4C11H9F3O3.Eu/c4*1-17-9-5-3-2-4-7(9)8(15)6-10(16)11(12,13)14;/h4*2-6,16H,1H3;/q;;;;+3/p+4/b4*10-6-;. The van der Waals surface area contributed by atoms with E-state index in [0.717, 1.165) is 0 Å². The molecule has 4 aromatic rings. The zero-order valence-corrected chi connectivity index (χ0v) is 38.1. The predicted molar refractivity (Wildman–Crippen MR) is 223 cm³/mol. The number of halogens is 12. The molecule has 25 heteroatoms. The zero-order valence-electron chi connectivity index (χ0n) is 35.7. The summed E-state index contributed by atoms with van der Waals surface area (Å²) >= 11 is 0. The Labute approximate surface area is 423 Å². The number of allylic oxidation sites excluding steroid dienone is 8. The molecule has 69 heavy (non-hydrogen) atoms. The Morgan fingerprint density at radius 2 is 0.493 bits per heavy atom. The Kier molecular flexibility index (Phi) is 25.6. The number of benzene rings is 4. The number of rotatable bonds is 12. The topological polar surface area (TPSA) is 203 Å². The summed E-state index contributed by atoms with van der Waals surface area (Å²) in [4.78, 5) is 37.9. The maximum atomic E-state index is 12.0. The number of methoxy groups -OCH3 is 4. The molecule has 0 aliphatic carbocycles. The van der Waals surface area contributed by atoms with Gasteiger partial charge in [-0.15, -0.1) is 0 Å². The summed E-state index contributed by atoms with van der Waals surface area (Å²) in [7, 11) is 5.28. The van der Waals surface area contributed by atoms with E-state index in [4.69, 9.17) is 39.4 Å². The number of para-hydroxylation sites is 4. The molecule has 0 aromatic heterocycles. The van der Waals surface area contributed by atoms with Gasteiger partial charge < -0.3 is 39.4 Å². The minimum atomic E-state index is -4.89. The Morgan fingerprint density at radius 3 is 0.623 bits per heavy atom. The summed E-state index contributed by atoms with van der Waals surface area (Å²) in [5.41, 5.74) is 0.244. The monoisotopic (exact) mass is 1140 g/mol. The molecule has 0 aliphatic rings. The van der Waals surface area contributed by atoms with Crippen LogP contribution < -0.4 is 18.9 Å². The molecule has 0 fully saturated rings. The fourth-order valence-electron chi connectivity index (χ4n) is 4.58. The molecule has 0 spiro atoms. The fraction of sp³-hybridized carbons (Fsp3) is 0.182. The molecule has 0 atom stereocenters. The summed E-state index contributed by atoms with van der Waals surface area (Å²) in [6, 6.07) is 23.9. The molecule has 4 rings (SSSR count). The smallest absolute Gasteiger partial charge is 0.504 e. The van der Waals surface area contributed by atoms with E-state index < -0.39 is 70.9 Å². The van der Waals surface area contributed by atoms with E-state index in [9.17, 15) is 71.9 Å². The first-order chi connectivity index (χ1) is 31.4. The molecule has 12 nitrogen and oxygen atoms in total. The quantitative estimate of drug-likeness (QED) is 0.0353. The van der Waals surface area contributed by atoms with Crippen molar-refractivity contribution in [2.24, 2.45) is 0 Å². The van der Waals surface area contributed by atoms with Crippen LogP contribution in [-0.4, -0.2) is 116 Å². The molecular weight excluding hydrogens is 1100 g/mol. The van der Waals surface area contributed by atoms with Gasteiger partial charge in [0.1, 0.15) is 45.3 Å².